The summed E-state index contributed by atoms with van der Waals surface area (Å²) in [4.78, 5) is 51.3. The van der Waals surface area contributed by atoms with Crippen molar-refractivity contribution in [1.82, 2.24) is 0 Å². The molecule has 3 N–H and O–H groups in total. The van der Waals surface area contributed by atoms with Crippen molar-refractivity contribution in [2.75, 3.05) is 13.2 Å². The molecule has 12 heteroatoms. The first-order valence-corrected chi connectivity index (χ1v) is 32.6. The van der Waals surface area contributed by atoms with E-state index in [4.69, 9.17) is 23.7 Å². The number of esters is 3. The molecule has 0 spiro atoms. The fourth-order valence-electron chi connectivity index (χ4n) is 9.80. The summed E-state index contributed by atoms with van der Waals surface area (Å²) in [5.41, 5.74) is 0. The molecule has 1 heterocycles. The summed E-state index contributed by atoms with van der Waals surface area (Å²) < 4.78 is 28.5. The number of aliphatic hydroxyl groups is 2. The number of carboxylic acids is 1. The Balaban J connectivity index is 2.66. The van der Waals surface area contributed by atoms with Crippen LogP contribution < -0.4 is 0 Å². The Hall–Kier alpha value is -3.32. The van der Waals surface area contributed by atoms with E-state index in [1.165, 1.54) is 128 Å². The van der Waals surface area contributed by atoms with Gasteiger partial charge in [0.1, 0.15) is 18.8 Å². The SMILES string of the molecule is CCCCC/C=C\C/C=C\CCCCCCCC(=O)OCC(COC1OC(C(=O)O)C(O)C(O)C1OC(=O)CCCCCCCCCCC/C=C\CCCCCCCC)OC(=O)CCCCCCC/C=C\CCCCCCCC. The molecule has 6 atom stereocenters. The minimum absolute atomic E-state index is 0.0576. The van der Waals surface area contributed by atoms with Gasteiger partial charge in [-0.1, -0.05) is 230 Å². The molecule has 1 rings (SSSR count). The Morgan fingerprint density at radius 2 is 0.759 bits per heavy atom. The number of allylic oxidation sites excluding steroid dienone is 8. The minimum Gasteiger partial charge on any atom is -0.479 e. The monoisotopic (exact) mass is 1110 g/mol. The molecule has 0 amide bonds. The number of unbranched alkanes of at least 4 members (excludes halogenated alkanes) is 34. The van der Waals surface area contributed by atoms with Crippen molar-refractivity contribution in [2.45, 2.75) is 340 Å². The quantitative estimate of drug-likeness (QED) is 0.0228. The predicted octanol–water partition coefficient (Wildman–Crippen LogP) is 17.3. The molecular weight excluding hydrogens is 997 g/mol. The topological polar surface area (TPSA) is 175 Å². The highest BCUT2D eigenvalue weighted by molar-refractivity contribution is 5.74. The van der Waals surface area contributed by atoms with Crippen LogP contribution >= 0.6 is 0 Å². The number of hydrogen-bond donors (Lipinski definition) is 3. The average Bonchev–Trinajstić information content (AvgIpc) is 3.46. The molecule has 12 nitrogen and oxygen atoms in total. The molecule has 6 unspecified atom stereocenters. The smallest absolute Gasteiger partial charge is 0.335 e. The van der Waals surface area contributed by atoms with Gasteiger partial charge in [-0.05, 0) is 103 Å². The molecule has 0 aliphatic carbocycles. The summed E-state index contributed by atoms with van der Waals surface area (Å²) in [6.45, 7) is 5.98. The number of aliphatic carboxylic acids is 1. The Morgan fingerprint density at radius 1 is 0.418 bits per heavy atom. The van der Waals surface area contributed by atoms with Crippen molar-refractivity contribution in [3.8, 4) is 0 Å². The van der Waals surface area contributed by atoms with Crippen molar-refractivity contribution >= 4 is 23.9 Å². The number of aliphatic hydroxyl groups excluding tert-OH is 2. The van der Waals surface area contributed by atoms with Crippen LogP contribution in [0.1, 0.15) is 303 Å². The maximum Gasteiger partial charge on any atom is 0.335 e. The van der Waals surface area contributed by atoms with Crippen LogP contribution in [0.4, 0.5) is 0 Å². The van der Waals surface area contributed by atoms with Crippen LogP contribution in [0.25, 0.3) is 0 Å². The van der Waals surface area contributed by atoms with E-state index >= 15 is 0 Å². The second-order valence-electron chi connectivity index (χ2n) is 22.4. The van der Waals surface area contributed by atoms with Crippen molar-refractivity contribution in [1.29, 1.82) is 0 Å². The molecule has 1 aliphatic rings. The largest absolute Gasteiger partial charge is 0.479 e. The number of hydrogen-bond acceptors (Lipinski definition) is 11. The highest BCUT2D eigenvalue weighted by Crippen LogP contribution is 2.27. The molecule has 0 aromatic rings. The molecule has 0 bridgehead atoms. The van der Waals surface area contributed by atoms with E-state index < -0.39 is 67.3 Å². The Morgan fingerprint density at radius 3 is 1.18 bits per heavy atom. The Bertz CT molecular complexity index is 1560. The predicted molar refractivity (Wildman–Crippen MR) is 322 cm³/mol. The van der Waals surface area contributed by atoms with Crippen molar-refractivity contribution < 1.29 is 58.2 Å². The van der Waals surface area contributed by atoms with Gasteiger partial charge in [-0.25, -0.2) is 4.79 Å². The number of carbonyl (C=O) groups is 4. The Labute approximate surface area is 482 Å². The van der Waals surface area contributed by atoms with E-state index in [1.807, 2.05) is 0 Å². The molecule has 1 fully saturated rings. The zero-order valence-corrected chi connectivity index (χ0v) is 50.6. The summed E-state index contributed by atoms with van der Waals surface area (Å²) in [6.07, 6.45) is 54.9. The van der Waals surface area contributed by atoms with Gasteiger partial charge in [0.2, 0.25) is 0 Å². The third kappa shape index (κ3) is 45.0. The lowest BCUT2D eigenvalue weighted by atomic mass is 9.98. The summed E-state index contributed by atoms with van der Waals surface area (Å²) in [6, 6.07) is 0. The summed E-state index contributed by atoms with van der Waals surface area (Å²) in [5, 5.41) is 31.6. The van der Waals surface area contributed by atoms with Gasteiger partial charge in [0.15, 0.2) is 24.6 Å². The molecule has 458 valence electrons. The van der Waals surface area contributed by atoms with Gasteiger partial charge in [-0.3, -0.25) is 14.4 Å². The summed E-state index contributed by atoms with van der Waals surface area (Å²) in [7, 11) is 0. The first-order valence-electron chi connectivity index (χ1n) is 32.6. The zero-order valence-electron chi connectivity index (χ0n) is 50.6. The molecular formula is C67H118O12. The molecule has 1 saturated heterocycles. The van der Waals surface area contributed by atoms with Crippen LogP contribution in [-0.2, 0) is 42.9 Å². The van der Waals surface area contributed by atoms with Crippen LogP contribution in [0.15, 0.2) is 48.6 Å². The van der Waals surface area contributed by atoms with Gasteiger partial charge in [0, 0.05) is 19.3 Å². The Kier molecular flexibility index (Phi) is 51.5. The maximum atomic E-state index is 13.2. The van der Waals surface area contributed by atoms with Gasteiger partial charge in [0.05, 0.1) is 6.61 Å². The van der Waals surface area contributed by atoms with E-state index in [2.05, 4.69) is 69.4 Å². The van der Waals surface area contributed by atoms with Crippen molar-refractivity contribution in [3.63, 3.8) is 0 Å². The molecule has 0 saturated carbocycles. The van der Waals surface area contributed by atoms with Crippen molar-refractivity contribution in [3.05, 3.63) is 48.6 Å². The first-order chi connectivity index (χ1) is 38.6. The van der Waals surface area contributed by atoms with Crippen LogP contribution in [-0.4, -0.2) is 89.2 Å². The fraction of sp³-hybridized carbons (Fsp3) is 0.821. The average molecular weight is 1120 g/mol. The van der Waals surface area contributed by atoms with E-state index in [9.17, 15) is 34.5 Å². The lowest BCUT2D eigenvalue weighted by molar-refractivity contribution is -0.301. The molecule has 1 aliphatic heterocycles. The highest BCUT2D eigenvalue weighted by Gasteiger charge is 2.50. The first kappa shape index (κ1) is 73.7. The van der Waals surface area contributed by atoms with Gasteiger partial charge >= 0.3 is 23.9 Å². The van der Waals surface area contributed by atoms with Crippen LogP contribution in [0.5, 0.6) is 0 Å². The van der Waals surface area contributed by atoms with E-state index in [-0.39, 0.29) is 25.9 Å². The van der Waals surface area contributed by atoms with Gasteiger partial charge < -0.3 is 39.0 Å². The lowest BCUT2D eigenvalue weighted by Crippen LogP contribution is -2.61. The second kappa shape index (κ2) is 55.2. The molecule has 0 aromatic carbocycles. The molecule has 79 heavy (non-hydrogen) atoms. The second-order valence-corrected chi connectivity index (χ2v) is 22.4. The fourth-order valence-corrected chi connectivity index (χ4v) is 9.80. The van der Waals surface area contributed by atoms with Gasteiger partial charge in [-0.2, -0.15) is 0 Å². The van der Waals surface area contributed by atoms with E-state index in [0.717, 1.165) is 116 Å². The normalized spacial score (nSPS) is 18.1. The minimum atomic E-state index is -1.91. The molecule has 0 radical (unpaired) electrons. The summed E-state index contributed by atoms with van der Waals surface area (Å²) >= 11 is 0. The summed E-state index contributed by atoms with van der Waals surface area (Å²) in [5.74, 6) is -3.13. The van der Waals surface area contributed by atoms with Crippen LogP contribution in [0, 0.1) is 0 Å². The van der Waals surface area contributed by atoms with E-state index in [1.54, 1.807) is 0 Å². The number of ether oxygens (including phenoxy) is 5. The van der Waals surface area contributed by atoms with Gasteiger partial charge in [-0.15, -0.1) is 0 Å². The van der Waals surface area contributed by atoms with Gasteiger partial charge in [0.25, 0.3) is 0 Å². The van der Waals surface area contributed by atoms with Crippen LogP contribution in [0.3, 0.4) is 0 Å². The van der Waals surface area contributed by atoms with Crippen LogP contribution in [0.2, 0.25) is 0 Å². The number of carbonyl (C=O) groups excluding carboxylic acids is 3. The van der Waals surface area contributed by atoms with Crippen molar-refractivity contribution in [2.24, 2.45) is 0 Å². The number of carboxylic acid groups (broad SMARTS) is 1. The molecule has 0 aromatic heterocycles. The third-order valence-electron chi connectivity index (χ3n) is 14.8. The third-order valence-corrected chi connectivity index (χ3v) is 14.8. The lowest BCUT2D eigenvalue weighted by Gasteiger charge is -2.40. The number of rotatable bonds is 56. The zero-order chi connectivity index (χ0) is 57.5. The van der Waals surface area contributed by atoms with E-state index in [0.29, 0.717) is 19.3 Å². The standard InChI is InChI=1S/C67H118O12/c1-4-7-10-13-16-19-22-25-28-29-30-31-34-37-40-43-46-49-52-55-61(70)78-65-63(72)62(71)64(66(73)74)79-67(65)76-57-58(77-60(69)54-51-48-45-42-39-36-33-27-24-21-18-15-12-9-6-3)56-75-59(68)53-50-47-44-41-38-35-32-26-23-20-17-14-11-8-5-2/h17,20,25-28,32-33,58,62-65,67,71-72H,4-16,18-19,21-24,29-31,34-57H2,1-3H3,(H,73,74)/b20-17-,28-25-,32-26-,33-27-. The highest BCUT2D eigenvalue weighted by atomic mass is 16.7. The maximum absolute atomic E-state index is 13.2.